The molecule has 0 aliphatic carbocycles. The fraction of sp³-hybridized carbons (Fsp3) is 0.400. The van der Waals surface area contributed by atoms with Crippen molar-refractivity contribution in [1.82, 2.24) is 4.90 Å². The highest BCUT2D eigenvalue weighted by atomic mass is 16.6. The van der Waals surface area contributed by atoms with E-state index in [0.717, 1.165) is 24.3 Å². The third-order valence-electron chi connectivity index (χ3n) is 4.19. The fourth-order valence-electron chi connectivity index (χ4n) is 2.88. The molecule has 26 heavy (non-hydrogen) atoms. The zero-order chi connectivity index (χ0) is 18.7. The van der Waals surface area contributed by atoms with Crippen LogP contribution in [0.4, 0.5) is 10.5 Å². The smallest absolute Gasteiger partial charge is 0.410 e. The Kier molecular flexibility index (Phi) is 5.02. The lowest BCUT2D eigenvalue weighted by Crippen LogP contribution is -2.50. The molecule has 1 saturated heterocycles. The molecule has 6 heteroatoms. The number of anilines is 1. The number of amides is 1. The molecule has 6 nitrogen and oxygen atoms in total. The van der Waals surface area contributed by atoms with E-state index in [1.165, 1.54) is 0 Å². The molecule has 138 valence electrons. The summed E-state index contributed by atoms with van der Waals surface area (Å²) >= 11 is 0. The van der Waals surface area contributed by atoms with Crippen LogP contribution in [0.15, 0.2) is 40.8 Å². The van der Waals surface area contributed by atoms with Gasteiger partial charge in [-0.2, -0.15) is 0 Å². The Morgan fingerprint density at radius 2 is 1.69 bits per heavy atom. The Hall–Kier alpha value is -2.76. The average molecular weight is 356 g/mol. The van der Waals surface area contributed by atoms with Gasteiger partial charge in [0.15, 0.2) is 12.0 Å². The normalized spacial score (nSPS) is 15.0. The summed E-state index contributed by atoms with van der Waals surface area (Å²) in [6.45, 7) is 8.41. The van der Waals surface area contributed by atoms with Gasteiger partial charge >= 0.3 is 6.09 Å². The van der Waals surface area contributed by atoms with E-state index in [1.54, 1.807) is 17.0 Å². The summed E-state index contributed by atoms with van der Waals surface area (Å²) in [6.07, 6.45) is 0.443. The van der Waals surface area contributed by atoms with Crippen LogP contribution in [-0.2, 0) is 4.74 Å². The van der Waals surface area contributed by atoms with E-state index in [2.05, 4.69) is 4.90 Å². The van der Waals surface area contributed by atoms with E-state index < -0.39 is 5.60 Å². The van der Waals surface area contributed by atoms with Crippen molar-refractivity contribution in [3.63, 3.8) is 0 Å². The van der Waals surface area contributed by atoms with E-state index in [-0.39, 0.29) is 6.09 Å². The van der Waals surface area contributed by atoms with Crippen LogP contribution in [0.2, 0.25) is 0 Å². The number of nitrogens with zero attached hydrogens (tertiary/aromatic N) is 2. The number of rotatable bonds is 3. The molecule has 1 aliphatic heterocycles. The number of hydrogen-bond donors (Lipinski definition) is 0. The minimum Gasteiger partial charge on any atom is -0.453 e. The topological polar surface area (TPSA) is 63.0 Å². The van der Waals surface area contributed by atoms with Crippen molar-refractivity contribution in [3.05, 3.63) is 42.2 Å². The number of piperazine rings is 1. The molecule has 1 aliphatic rings. The summed E-state index contributed by atoms with van der Waals surface area (Å²) < 4.78 is 10.9. The van der Waals surface area contributed by atoms with Crippen LogP contribution in [0.3, 0.4) is 0 Å². The maximum atomic E-state index is 12.1. The molecule has 0 atom stereocenters. The Morgan fingerprint density at radius 3 is 2.23 bits per heavy atom. The first-order chi connectivity index (χ1) is 12.4. The predicted molar refractivity (Wildman–Crippen MR) is 99.6 cm³/mol. The van der Waals surface area contributed by atoms with Crippen molar-refractivity contribution in [2.24, 2.45) is 0 Å². The van der Waals surface area contributed by atoms with Crippen molar-refractivity contribution in [1.29, 1.82) is 0 Å². The van der Waals surface area contributed by atoms with Crippen LogP contribution in [0.5, 0.6) is 0 Å². The minimum atomic E-state index is -0.473. The van der Waals surface area contributed by atoms with Gasteiger partial charge in [0.25, 0.3) is 0 Å². The Labute approximate surface area is 153 Å². The first kappa shape index (κ1) is 18.0. The Balaban J connectivity index is 1.59. The van der Waals surface area contributed by atoms with Crippen LogP contribution in [0, 0.1) is 0 Å². The standard InChI is InChI=1S/C20H24N2O4/c1-20(2,3)26-19(24)22-12-10-21(11-13-22)16-6-4-15(5-7-16)18-9-8-17(14-23)25-18/h4-9,14H,10-13H2,1-3H3. The minimum absolute atomic E-state index is 0.253. The van der Waals surface area contributed by atoms with Gasteiger partial charge in [-0.3, -0.25) is 4.79 Å². The summed E-state index contributed by atoms with van der Waals surface area (Å²) in [4.78, 5) is 26.9. The summed E-state index contributed by atoms with van der Waals surface area (Å²) in [6, 6.07) is 11.5. The monoisotopic (exact) mass is 356 g/mol. The van der Waals surface area contributed by atoms with Crippen LogP contribution in [-0.4, -0.2) is 49.1 Å². The number of ether oxygens (including phenoxy) is 1. The van der Waals surface area contributed by atoms with E-state index in [1.807, 2.05) is 45.0 Å². The number of benzene rings is 1. The molecule has 0 radical (unpaired) electrons. The highest BCUT2D eigenvalue weighted by Crippen LogP contribution is 2.25. The molecule has 1 fully saturated rings. The number of carbonyl (C=O) groups excluding carboxylic acids is 2. The van der Waals surface area contributed by atoms with Crippen LogP contribution < -0.4 is 4.90 Å². The molecular formula is C20H24N2O4. The molecule has 3 rings (SSSR count). The van der Waals surface area contributed by atoms with E-state index >= 15 is 0 Å². The fourth-order valence-corrected chi connectivity index (χ4v) is 2.88. The highest BCUT2D eigenvalue weighted by molar-refractivity contribution is 5.73. The number of carbonyl (C=O) groups is 2. The van der Waals surface area contributed by atoms with Crippen LogP contribution in [0.25, 0.3) is 11.3 Å². The number of hydrogen-bond acceptors (Lipinski definition) is 5. The van der Waals surface area contributed by atoms with Crippen LogP contribution in [0.1, 0.15) is 31.3 Å². The molecular weight excluding hydrogens is 332 g/mol. The van der Waals surface area contributed by atoms with Crippen molar-refractivity contribution in [3.8, 4) is 11.3 Å². The average Bonchev–Trinajstić information content (AvgIpc) is 3.10. The summed E-state index contributed by atoms with van der Waals surface area (Å²) in [7, 11) is 0. The zero-order valence-corrected chi connectivity index (χ0v) is 15.4. The van der Waals surface area contributed by atoms with Gasteiger partial charge in [0.2, 0.25) is 0 Å². The molecule has 0 N–H and O–H groups in total. The highest BCUT2D eigenvalue weighted by Gasteiger charge is 2.25. The van der Waals surface area contributed by atoms with Gasteiger partial charge in [0.1, 0.15) is 11.4 Å². The van der Waals surface area contributed by atoms with Crippen molar-refractivity contribution in [2.75, 3.05) is 31.1 Å². The van der Waals surface area contributed by atoms with Gasteiger partial charge in [-0.05, 0) is 57.2 Å². The van der Waals surface area contributed by atoms with E-state index in [9.17, 15) is 9.59 Å². The van der Waals surface area contributed by atoms with Crippen molar-refractivity contribution < 1.29 is 18.7 Å². The SMILES string of the molecule is CC(C)(C)OC(=O)N1CCN(c2ccc(-c3ccc(C=O)o3)cc2)CC1. The Morgan fingerprint density at radius 1 is 1.04 bits per heavy atom. The predicted octanol–water partition coefficient (Wildman–Crippen LogP) is 3.82. The second kappa shape index (κ2) is 7.23. The van der Waals surface area contributed by atoms with Gasteiger partial charge in [-0.1, -0.05) is 0 Å². The van der Waals surface area contributed by atoms with Gasteiger partial charge in [0.05, 0.1) is 0 Å². The van der Waals surface area contributed by atoms with Gasteiger partial charge in [-0.25, -0.2) is 4.79 Å². The first-order valence-corrected chi connectivity index (χ1v) is 8.74. The largest absolute Gasteiger partial charge is 0.453 e. The van der Waals surface area contributed by atoms with Crippen LogP contribution >= 0.6 is 0 Å². The second-order valence-corrected chi connectivity index (χ2v) is 7.32. The third-order valence-corrected chi connectivity index (χ3v) is 4.19. The van der Waals surface area contributed by atoms with Crippen molar-refractivity contribution >= 4 is 18.1 Å². The number of furan rings is 1. The zero-order valence-electron chi connectivity index (χ0n) is 15.4. The van der Waals surface area contributed by atoms with E-state index in [0.29, 0.717) is 30.9 Å². The quantitative estimate of drug-likeness (QED) is 0.783. The third kappa shape index (κ3) is 4.25. The lowest BCUT2D eigenvalue weighted by Gasteiger charge is -2.36. The van der Waals surface area contributed by atoms with E-state index in [4.69, 9.17) is 9.15 Å². The maximum Gasteiger partial charge on any atom is 0.410 e. The first-order valence-electron chi connectivity index (χ1n) is 8.74. The summed E-state index contributed by atoms with van der Waals surface area (Å²) in [5, 5.41) is 0. The molecule has 0 spiro atoms. The lowest BCUT2D eigenvalue weighted by atomic mass is 10.1. The summed E-state index contributed by atoms with van der Waals surface area (Å²) in [5.41, 5.74) is 1.55. The molecule has 2 aromatic rings. The lowest BCUT2D eigenvalue weighted by molar-refractivity contribution is 0.0240. The molecule has 0 bridgehead atoms. The molecule has 1 aromatic carbocycles. The molecule has 1 aromatic heterocycles. The molecule has 0 unspecified atom stereocenters. The van der Waals surface area contributed by atoms with Crippen molar-refractivity contribution in [2.45, 2.75) is 26.4 Å². The summed E-state index contributed by atoms with van der Waals surface area (Å²) in [5.74, 6) is 0.996. The molecule has 1 amide bonds. The Bertz CT molecular complexity index is 766. The second-order valence-electron chi connectivity index (χ2n) is 7.32. The maximum absolute atomic E-state index is 12.1. The number of aldehydes is 1. The van der Waals surface area contributed by atoms with Gasteiger partial charge < -0.3 is 19.0 Å². The van der Waals surface area contributed by atoms with Gasteiger partial charge in [0, 0.05) is 37.4 Å². The van der Waals surface area contributed by atoms with Gasteiger partial charge in [-0.15, -0.1) is 0 Å². The molecule has 2 heterocycles. The molecule has 0 saturated carbocycles.